The Morgan fingerprint density at radius 1 is 1.33 bits per heavy atom. The molecule has 1 aliphatic heterocycles. The molecule has 0 aromatic heterocycles. The zero-order chi connectivity index (χ0) is 10.7. The lowest BCUT2D eigenvalue weighted by Crippen LogP contribution is -2.07. The van der Waals surface area contributed by atoms with Gasteiger partial charge in [-0.05, 0) is 30.2 Å². The van der Waals surface area contributed by atoms with Gasteiger partial charge in [-0.2, -0.15) is 0 Å². The second kappa shape index (κ2) is 4.18. The molecule has 1 heterocycles. The van der Waals surface area contributed by atoms with Crippen molar-refractivity contribution in [3.8, 4) is 5.75 Å². The molecule has 0 saturated heterocycles. The van der Waals surface area contributed by atoms with E-state index in [0.717, 1.165) is 23.5 Å². The maximum atomic E-state index is 5.80. The van der Waals surface area contributed by atoms with Crippen LogP contribution in [0.1, 0.15) is 12.5 Å². The van der Waals surface area contributed by atoms with Crippen LogP contribution >= 0.6 is 0 Å². The Labute approximate surface area is 90.4 Å². The molecule has 0 N–H and O–H groups in total. The Morgan fingerprint density at radius 2 is 2.13 bits per heavy atom. The SMILES string of the molecule is C=CC1=C(/C=C\C)Oc2ccccc2C1. The Balaban J connectivity index is 2.41. The van der Waals surface area contributed by atoms with Crippen molar-refractivity contribution < 1.29 is 4.74 Å². The van der Waals surface area contributed by atoms with Gasteiger partial charge in [0.05, 0.1) is 0 Å². The lowest BCUT2D eigenvalue weighted by atomic mass is 10.0. The summed E-state index contributed by atoms with van der Waals surface area (Å²) >= 11 is 0. The molecule has 0 fully saturated rings. The van der Waals surface area contributed by atoms with E-state index in [9.17, 15) is 0 Å². The van der Waals surface area contributed by atoms with Crippen LogP contribution in [0.3, 0.4) is 0 Å². The zero-order valence-electron chi connectivity index (χ0n) is 8.86. The monoisotopic (exact) mass is 198 g/mol. The van der Waals surface area contributed by atoms with E-state index in [1.807, 2.05) is 43.4 Å². The standard InChI is InChI=1S/C14H14O/c1-3-7-13-11(4-2)10-12-8-5-6-9-14(12)15-13/h3-9H,2,10H2,1H3/b7-3-. The summed E-state index contributed by atoms with van der Waals surface area (Å²) in [4.78, 5) is 0. The average Bonchev–Trinajstić information content (AvgIpc) is 2.28. The van der Waals surface area contributed by atoms with E-state index in [1.165, 1.54) is 5.56 Å². The van der Waals surface area contributed by atoms with Gasteiger partial charge >= 0.3 is 0 Å². The molecular formula is C14H14O. The lowest BCUT2D eigenvalue weighted by Gasteiger charge is -2.19. The van der Waals surface area contributed by atoms with Gasteiger partial charge in [0.25, 0.3) is 0 Å². The van der Waals surface area contributed by atoms with Crippen molar-refractivity contribution >= 4 is 0 Å². The molecule has 1 aliphatic rings. The molecule has 1 aromatic carbocycles. The highest BCUT2D eigenvalue weighted by molar-refractivity contribution is 5.46. The predicted octanol–water partition coefficient (Wildman–Crippen LogP) is 3.64. The maximum Gasteiger partial charge on any atom is 0.130 e. The number of fused-ring (bicyclic) bond motifs is 1. The van der Waals surface area contributed by atoms with E-state index in [2.05, 4.69) is 12.6 Å². The lowest BCUT2D eigenvalue weighted by molar-refractivity contribution is 0.423. The fourth-order valence-electron chi connectivity index (χ4n) is 1.69. The highest BCUT2D eigenvalue weighted by atomic mass is 16.5. The summed E-state index contributed by atoms with van der Waals surface area (Å²) in [6.45, 7) is 5.80. The van der Waals surface area contributed by atoms with E-state index in [0.29, 0.717) is 0 Å². The quantitative estimate of drug-likeness (QED) is 0.705. The first-order valence-corrected chi connectivity index (χ1v) is 5.09. The molecule has 76 valence electrons. The maximum absolute atomic E-state index is 5.80. The topological polar surface area (TPSA) is 9.23 Å². The second-order valence-corrected chi connectivity index (χ2v) is 3.48. The molecule has 1 aromatic rings. The summed E-state index contributed by atoms with van der Waals surface area (Å²) in [7, 11) is 0. The minimum Gasteiger partial charge on any atom is -0.457 e. The van der Waals surface area contributed by atoms with Crippen molar-refractivity contribution in [2.75, 3.05) is 0 Å². The van der Waals surface area contributed by atoms with Gasteiger partial charge in [0, 0.05) is 6.42 Å². The van der Waals surface area contributed by atoms with Crippen LogP contribution < -0.4 is 4.74 Å². The minimum atomic E-state index is 0.902. The summed E-state index contributed by atoms with van der Waals surface area (Å²) in [5, 5.41) is 0. The summed E-state index contributed by atoms with van der Waals surface area (Å²) in [6, 6.07) is 8.11. The van der Waals surface area contributed by atoms with Crippen LogP contribution in [0.5, 0.6) is 5.75 Å². The molecule has 0 unspecified atom stereocenters. The molecule has 2 rings (SSSR count). The molecular weight excluding hydrogens is 184 g/mol. The van der Waals surface area contributed by atoms with Gasteiger partial charge in [-0.15, -0.1) is 0 Å². The van der Waals surface area contributed by atoms with Gasteiger partial charge in [0.1, 0.15) is 11.5 Å². The van der Waals surface area contributed by atoms with E-state index >= 15 is 0 Å². The van der Waals surface area contributed by atoms with Crippen molar-refractivity contribution in [1.82, 2.24) is 0 Å². The van der Waals surface area contributed by atoms with Crippen molar-refractivity contribution in [2.45, 2.75) is 13.3 Å². The van der Waals surface area contributed by atoms with Gasteiger partial charge in [-0.25, -0.2) is 0 Å². The highest BCUT2D eigenvalue weighted by Crippen LogP contribution is 2.30. The third-order valence-electron chi connectivity index (χ3n) is 2.45. The Bertz CT molecular complexity index is 438. The van der Waals surface area contributed by atoms with Gasteiger partial charge in [0.15, 0.2) is 0 Å². The van der Waals surface area contributed by atoms with E-state index in [4.69, 9.17) is 4.74 Å². The normalized spacial score (nSPS) is 15.0. The van der Waals surface area contributed by atoms with Crippen LogP contribution in [0, 0.1) is 0 Å². The van der Waals surface area contributed by atoms with Crippen molar-refractivity contribution in [2.24, 2.45) is 0 Å². The van der Waals surface area contributed by atoms with E-state index < -0.39 is 0 Å². The van der Waals surface area contributed by atoms with E-state index in [1.54, 1.807) is 0 Å². The van der Waals surface area contributed by atoms with E-state index in [-0.39, 0.29) is 0 Å². The van der Waals surface area contributed by atoms with Gasteiger partial charge in [-0.1, -0.05) is 36.9 Å². The molecule has 0 aliphatic carbocycles. The van der Waals surface area contributed by atoms with Crippen LogP contribution in [-0.4, -0.2) is 0 Å². The van der Waals surface area contributed by atoms with Crippen molar-refractivity contribution in [3.63, 3.8) is 0 Å². The van der Waals surface area contributed by atoms with Gasteiger partial charge in [-0.3, -0.25) is 0 Å². The van der Waals surface area contributed by atoms with Crippen molar-refractivity contribution in [1.29, 1.82) is 0 Å². The van der Waals surface area contributed by atoms with Crippen LogP contribution in [0.2, 0.25) is 0 Å². The molecule has 0 radical (unpaired) electrons. The summed E-state index contributed by atoms with van der Waals surface area (Å²) in [6.07, 6.45) is 6.73. The summed E-state index contributed by atoms with van der Waals surface area (Å²) in [5.41, 5.74) is 2.37. The van der Waals surface area contributed by atoms with Crippen LogP contribution in [-0.2, 0) is 6.42 Å². The molecule has 15 heavy (non-hydrogen) atoms. The molecule has 0 spiro atoms. The minimum absolute atomic E-state index is 0.902. The molecule has 0 bridgehead atoms. The molecule has 1 nitrogen and oxygen atoms in total. The first-order chi connectivity index (χ1) is 7.35. The largest absolute Gasteiger partial charge is 0.457 e. The summed E-state index contributed by atoms with van der Waals surface area (Å²) < 4.78 is 5.80. The number of rotatable bonds is 2. The highest BCUT2D eigenvalue weighted by Gasteiger charge is 2.15. The number of benzene rings is 1. The summed E-state index contributed by atoms with van der Waals surface area (Å²) in [5.74, 6) is 1.86. The molecule has 1 heteroatoms. The van der Waals surface area contributed by atoms with Crippen LogP contribution in [0.25, 0.3) is 0 Å². The fourth-order valence-corrected chi connectivity index (χ4v) is 1.69. The van der Waals surface area contributed by atoms with Crippen molar-refractivity contribution in [3.05, 3.63) is 66.0 Å². The Morgan fingerprint density at radius 3 is 2.87 bits per heavy atom. The number of hydrogen-bond acceptors (Lipinski definition) is 1. The Kier molecular flexibility index (Phi) is 2.72. The van der Waals surface area contributed by atoms with Gasteiger partial charge < -0.3 is 4.74 Å². The number of para-hydroxylation sites is 1. The number of ether oxygens (including phenoxy) is 1. The Hall–Kier alpha value is -1.76. The fraction of sp³-hybridized carbons (Fsp3) is 0.143. The molecule has 0 atom stereocenters. The number of hydrogen-bond donors (Lipinski definition) is 0. The van der Waals surface area contributed by atoms with Crippen LogP contribution in [0.4, 0.5) is 0 Å². The van der Waals surface area contributed by atoms with Crippen LogP contribution in [0.15, 0.2) is 60.4 Å². The molecule has 0 amide bonds. The first-order valence-electron chi connectivity index (χ1n) is 5.09. The van der Waals surface area contributed by atoms with Gasteiger partial charge in [0.2, 0.25) is 0 Å². The second-order valence-electron chi connectivity index (χ2n) is 3.48. The first kappa shape index (κ1) is 9.78. The third kappa shape index (κ3) is 1.86. The number of allylic oxidation sites excluding steroid dienone is 4. The zero-order valence-corrected chi connectivity index (χ0v) is 8.86. The predicted molar refractivity (Wildman–Crippen MR) is 62.8 cm³/mol. The smallest absolute Gasteiger partial charge is 0.130 e. The molecule has 0 saturated carbocycles. The average molecular weight is 198 g/mol. The third-order valence-corrected chi connectivity index (χ3v) is 2.45.